The average molecular weight is 326 g/mol. The van der Waals surface area contributed by atoms with Crippen molar-refractivity contribution >= 4 is 10.0 Å². The molecule has 0 saturated carbocycles. The van der Waals surface area contributed by atoms with Crippen molar-refractivity contribution in [2.24, 2.45) is 5.92 Å². The van der Waals surface area contributed by atoms with E-state index in [4.69, 9.17) is 4.74 Å². The number of hydrogen-bond donors (Lipinski definition) is 2. The molecule has 1 heterocycles. The second-order valence-corrected chi connectivity index (χ2v) is 7.57. The van der Waals surface area contributed by atoms with Gasteiger partial charge in [0.15, 0.2) is 0 Å². The molecule has 0 bridgehead atoms. The van der Waals surface area contributed by atoms with Gasteiger partial charge in [-0.25, -0.2) is 13.1 Å². The standard InChI is InChI=1S/C16H26N2O3S/c1-3-14-8-11-21-12-16(14)17-9-10-18-22(19,20)15-6-4-13(2)5-7-15/h4-7,14,16-18H,3,8-12H2,1-2H3. The zero-order valence-corrected chi connectivity index (χ0v) is 14.2. The van der Waals surface area contributed by atoms with Crippen LogP contribution < -0.4 is 10.0 Å². The summed E-state index contributed by atoms with van der Waals surface area (Å²) < 4.78 is 32.4. The van der Waals surface area contributed by atoms with E-state index in [1.807, 2.05) is 6.92 Å². The average Bonchev–Trinajstić information content (AvgIpc) is 2.52. The summed E-state index contributed by atoms with van der Waals surface area (Å²) in [6.45, 7) is 6.65. The van der Waals surface area contributed by atoms with E-state index in [0.29, 0.717) is 36.6 Å². The largest absolute Gasteiger partial charge is 0.380 e. The highest BCUT2D eigenvalue weighted by atomic mass is 32.2. The van der Waals surface area contributed by atoms with Gasteiger partial charge in [-0.3, -0.25) is 0 Å². The normalized spacial score (nSPS) is 22.6. The molecule has 0 amide bonds. The van der Waals surface area contributed by atoms with E-state index < -0.39 is 10.0 Å². The molecule has 1 aliphatic heterocycles. The van der Waals surface area contributed by atoms with Gasteiger partial charge in [0.25, 0.3) is 0 Å². The molecule has 22 heavy (non-hydrogen) atoms. The molecule has 1 aromatic rings. The van der Waals surface area contributed by atoms with Crippen molar-refractivity contribution in [2.75, 3.05) is 26.3 Å². The van der Waals surface area contributed by atoms with Gasteiger partial charge in [0.05, 0.1) is 11.5 Å². The number of benzene rings is 1. The summed E-state index contributed by atoms with van der Waals surface area (Å²) in [6, 6.07) is 7.19. The molecule has 2 atom stereocenters. The minimum atomic E-state index is -3.42. The van der Waals surface area contributed by atoms with Gasteiger partial charge in [-0.1, -0.05) is 31.0 Å². The molecule has 2 rings (SSSR count). The van der Waals surface area contributed by atoms with Gasteiger partial charge < -0.3 is 10.1 Å². The first-order chi connectivity index (χ1) is 10.5. The van der Waals surface area contributed by atoms with Gasteiger partial charge in [0.2, 0.25) is 10.0 Å². The number of ether oxygens (including phenoxy) is 1. The molecule has 1 aliphatic rings. The molecule has 1 aromatic carbocycles. The first-order valence-corrected chi connectivity index (χ1v) is 9.38. The first kappa shape index (κ1) is 17.4. The first-order valence-electron chi connectivity index (χ1n) is 7.90. The third-order valence-corrected chi connectivity index (χ3v) is 5.66. The Kier molecular flexibility index (Phi) is 6.37. The third-order valence-electron chi connectivity index (χ3n) is 4.18. The van der Waals surface area contributed by atoms with Gasteiger partial charge in [0.1, 0.15) is 0 Å². The summed E-state index contributed by atoms with van der Waals surface area (Å²) in [7, 11) is -3.42. The highest BCUT2D eigenvalue weighted by Crippen LogP contribution is 2.18. The minimum absolute atomic E-state index is 0.311. The molecule has 0 spiro atoms. The molecule has 2 N–H and O–H groups in total. The van der Waals surface area contributed by atoms with Crippen LogP contribution in [0.3, 0.4) is 0 Å². The number of hydrogen-bond acceptors (Lipinski definition) is 4. The predicted molar refractivity (Wildman–Crippen MR) is 87.4 cm³/mol. The fourth-order valence-corrected chi connectivity index (χ4v) is 3.77. The highest BCUT2D eigenvalue weighted by molar-refractivity contribution is 7.89. The van der Waals surface area contributed by atoms with Gasteiger partial charge in [0, 0.05) is 25.7 Å². The van der Waals surface area contributed by atoms with Crippen LogP contribution in [0.2, 0.25) is 0 Å². The topological polar surface area (TPSA) is 67.4 Å². The predicted octanol–water partition coefficient (Wildman–Crippen LogP) is 1.68. The van der Waals surface area contributed by atoms with E-state index in [-0.39, 0.29) is 0 Å². The van der Waals surface area contributed by atoms with Crippen LogP contribution in [-0.2, 0) is 14.8 Å². The van der Waals surface area contributed by atoms with Crippen molar-refractivity contribution in [2.45, 2.75) is 37.6 Å². The van der Waals surface area contributed by atoms with Crippen LogP contribution in [0.4, 0.5) is 0 Å². The van der Waals surface area contributed by atoms with Crippen molar-refractivity contribution in [3.63, 3.8) is 0 Å². The quantitative estimate of drug-likeness (QED) is 0.748. The lowest BCUT2D eigenvalue weighted by Gasteiger charge is -2.31. The smallest absolute Gasteiger partial charge is 0.240 e. The molecular formula is C16H26N2O3S. The Balaban J connectivity index is 1.79. The number of nitrogens with one attached hydrogen (secondary N) is 2. The lowest BCUT2D eigenvalue weighted by molar-refractivity contribution is 0.0352. The van der Waals surface area contributed by atoms with E-state index in [1.54, 1.807) is 24.3 Å². The number of sulfonamides is 1. The maximum Gasteiger partial charge on any atom is 0.240 e. The Bertz CT molecular complexity index is 557. The fourth-order valence-electron chi connectivity index (χ4n) is 2.74. The lowest BCUT2D eigenvalue weighted by Crippen LogP contribution is -2.46. The maximum atomic E-state index is 12.2. The number of aryl methyl sites for hydroxylation is 1. The Morgan fingerprint density at radius 1 is 1.23 bits per heavy atom. The van der Waals surface area contributed by atoms with E-state index in [0.717, 1.165) is 25.0 Å². The van der Waals surface area contributed by atoms with Gasteiger partial charge in [-0.15, -0.1) is 0 Å². The Morgan fingerprint density at radius 2 is 1.95 bits per heavy atom. The zero-order chi connectivity index (χ0) is 16.0. The molecule has 5 nitrogen and oxygen atoms in total. The Labute approximate surface area is 133 Å². The number of rotatable bonds is 7. The van der Waals surface area contributed by atoms with Crippen LogP contribution in [0.5, 0.6) is 0 Å². The highest BCUT2D eigenvalue weighted by Gasteiger charge is 2.23. The van der Waals surface area contributed by atoms with Crippen LogP contribution in [-0.4, -0.2) is 40.8 Å². The second-order valence-electron chi connectivity index (χ2n) is 5.80. The van der Waals surface area contributed by atoms with Gasteiger partial charge in [-0.05, 0) is 31.4 Å². The fraction of sp³-hybridized carbons (Fsp3) is 0.625. The second kappa shape index (κ2) is 8.06. The van der Waals surface area contributed by atoms with Crippen LogP contribution in [0, 0.1) is 12.8 Å². The van der Waals surface area contributed by atoms with Crippen molar-refractivity contribution in [3.8, 4) is 0 Å². The van der Waals surface area contributed by atoms with Crippen molar-refractivity contribution in [1.82, 2.24) is 10.0 Å². The zero-order valence-electron chi connectivity index (χ0n) is 13.3. The summed E-state index contributed by atoms with van der Waals surface area (Å²) >= 11 is 0. The van der Waals surface area contributed by atoms with Gasteiger partial charge in [-0.2, -0.15) is 0 Å². The van der Waals surface area contributed by atoms with E-state index in [9.17, 15) is 8.42 Å². The Hall–Kier alpha value is -0.950. The van der Waals surface area contributed by atoms with Crippen LogP contribution >= 0.6 is 0 Å². The van der Waals surface area contributed by atoms with Crippen molar-refractivity contribution < 1.29 is 13.2 Å². The van der Waals surface area contributed by atoms with Gasteiger partial charge >= 0.3 is 0 Å². The maximum absolute atomic E-state index is 12.2. The third kappa shape index (κ3) is 4.78. The molecular weight excluding hydrogens is 300 g/mol. The van der Waals surface area contributed by atoms with E-state index in [1.165, 1.54) is 0 Å². The molecule has 0 radical (unpaired) electrons. The lowest BCUT2D eigenvalue weighted by atomic mass is 9.92. The van der Waals surface area contributed by atoms with Crippen LogP contribution in [0.25, 0.3) is 0 Å². The van der Waals surface area contributed by atoms with E-state index >= 15 is 0 Å². The summed E-state index contributed by atoms with van der Waals surface area (Å²) in [5.41, 5.74) is 1.04. The molecule has 0 aromatic heterocycles. The van der Waals surface area contributed by atoms with Crippen molar-refractivity contribution in [3.05, 3.63) is 29.8 Å². The molecule has 124 valence electrons. The van der Waals surface area contributed by atoms with Crippen LogP contribution in [0.1, 0.15) is 25.3 Å². The summed E-state index contributed by atoms with van der Waals surface area (Å²) in [4.78, 5) is 0.311. The molecule has 0 aliphatic carbocycles. The molecule has 1 fully saturated rings. The summed E-state index contributed by atoms with van der Waals surface area (Å²) in [6.07, 6.45) is 2.19. The molecule has 2 unspecified atom stereocenters. The van der Waals surface area contributed by atoms with Crippen molar-refractivity contribution in [1.29, 1.82) is 0 Å². The summed E-state index contributed by atoms with van der Waals surface area (Å²) in [5.74, 6) is 0.613. The van der Waals surface area contributed by atoms with E-state index in [2.05, 4.69) is 17.0 Å². The van der Waals surface area contributed by atoms with Crippen LogP contribution in [0.15, 0.2) is 29.2 Å². The molecule has 1 saturated heterocycles. The monoisotopic (exact) mass is 326 g/mol. The SMILES string of the molecule is CCC1CCOCC1NCCNS(=O)(=O)c1ccc(C)cc1. The summed E-state index contributed by atoms with van der Waals surface area (Å²) in [5, 5.41) is 3.40. The Morgan fingerprint density at radius 3 is 2.64 bits per heavy atom. The molecule has 6 heteroatoms. The minimum Gasteiger partial charge on any atom is -0.380 e.